The SMILES string of the molecule is OCc1ccc(O)nc1. The number of hydrogen-bond donors (Lipinski definition) is 2. The van der Waals surface area contributed by atoms with Gasteiger partial charge in [-0.05, 0) is 11.6 Å². The molecule has 1 heterocycles. The normalized spacial score (nSPS) is 9.44. The molecule has 0 atom stereocenters. The van der Waals surface area contributed by atoms with Gasteiger partial charge < -0.3 is 10.2 Å². The van der Waals surface area contributed by atoms with Gasteiger partial charge in [-0.1, -0.05) is 0 Å². The minimum absolute atomic E-state index is 0.0211. The molecule has 0 aromatic carbocycles. The predicted octanol–water partition coefficient (Wildman–Crippen LogP) is 0.280. The summed E-state index contributed by atoms with van der Waals surface area (Å²) in [4.78, 5) is 3.55. The van der Waals surface area contributed by atoms with Gasteiger partial charge in [-0.2, -0.15) is 0 Å². The van der Waals surface area contributed by atoms with Gasteiger partial charge >= 0.3 is 0 Å². The molecule has 1 aromatic heterocycles. The maximum atomic E-state index is 8.66. The van der Waals surface area contributed by atoms with E-state index in [0.29, 0.717) is 5.56 Å². The third-order valence-electron chi connectivity index (χ3n) is 0.992. The van der Waals surface area contributed by atoms with Crippen LogP contribution in [0.4, 0.5) is 0 Å². The third kappa shape index (κ3) is 1.40. The van der Waals surface area contributed by atoms with Crippen LogP contribution >= 0.6 is 0 Å². The van der Waals surface area contributed by atoms with E-state index < -0.39 is 0 Å². The molecule has 0 aliphatic carbocycles. The number of aliphatic hydroxyl groups excluding tert-OH is 1. The average Bonchev–Trinajstić information content (AvgIpc) is 1.90. The van der Waals surface area contributed by atoms with E-state index in [2.05, 4.69) is 4.98 Å². The van der Waals surface area contributed by atoms with Crippen LogP contribution in [0.15, 0.2) is 18.3 Å². The van der Waals surface area contributed by atoms with E-state index in [1.165, 1.54) is 12.3 Å². The van der Waals surface area contributed by atoms with Crippen LogP contribution in [0.25, 0.3) is 0 Å². The molecule has 0 spiro atoms. The fourth-order valence-corrected chi connectivity index (χ4v) is 0.510. The number of aromatic hydroxyl groups is 1. The van der Waals surface area contributed by atoms with Crippen molar-refractivity contribution in [1.82, 2.24) is 4.98 Å². The highest BCUT2D eigenvalue weighted by Gasteiger charge is 1.88. The molecule has 0 aliphatic rings. The summed E-state index contributed by atoms with van der Waals surface area (Å²) in [5.41, 5.74) is 0.702. The predicted molar refractivity (Wildman–Crippen MR) is 31.8 cm³/mol. The highest BCUT2D eigenvalue weighted by Crippen LogP contribution is 2.03. The largest absolute Gasteiger partial charge is 0.493 e. The first-order chi connectivity index (χ1) is 4.33. The number of rotatable bonds is 1. The van der Waals surface area contributed by atoms with Crippen molar-refractivity contribution in [1.29, 1.82) is 0 Å². The fraction of sp³-hybridized carbons (Fsp3) is 0.167. The van der Waals surface area contributed by atoms with Crippen molar-refractivity contribution in [2.45, 2.75) is 6.61 Å². The molecule has 3 heteroatoms. The summed E-state index contributed by atoms with van der Waals surface area (Å²) in [7, 11) is 0. The molecule has 0 saturated carbocycles. The molecular formula is C6H7NO2. The van der Waals surface area contributed by atoms with Gasteiger partial charge in [0.2, 0.25) is 5.88 Å². The van der Waals surface area contributed by atoms with Crippen molar-refractivity contribution < 1.29 is 10.2 Å². The summed E-state index contributed by atoms with van der Waals surface area (Å²) in [5, 5.41) is 17.2. The van der Waals surface area contributed by atoms with Crippen LogP contribution in [0, 0.1) is 0 Å². The first-order valence-corrected chi connectivity index (χ1v) is 2.57. The van der Waals surface area contributed by atoms with Crippen LogP contribution in [-0.2, 0) is 6.61 Å². The quantitative estimate of drug-likeness (QED) is 0.566. The Labute approximate surface area is 52.6 Å². The summed E-state index contributed by atoms with van der Waals surface area (Å²) < 4.78 is 0. The summed E-state index contributed by atoms with van der Waals surface area (Å²) >= 11 is 0. The molecule has 0 saturated heterocycles. The Morgan fingerprint density at radius 1 is 1.44 bits per heavy atom. The molecule has 0 bridgehead atoms. The molecule has 2 N–H and O–H groups in total. The van der Waals surface area contributed by atoms with Crippen molar-refractivity contribution in [3.8, 4) is 5.88 Å². The van der Waals surface area contributed by atoms with Crippen molar-refractivity contribution in [2.24, 2.45) is 0 Å². The molecule has 3 nitrogen and oxygen atoms in total. The molecule has 0 fully saturated rings. The smallest absolute Gasteiger partial charge is 0.210 e. The Morgan fingerprint density at radius 3 is 2.67 bits per heavy atom. The van der Waals surface area contributed by atoms with Gasteiger partial charge in [-0.15, -0.1) is 0 Å². The average molecular weight is 125 g/mol. The number of nitrogens with zero attached hydrogens (tertiary/aromatic N) is 1. The van der Waals surface area contributed by atoms with Crippen molar-refractivity contribution in [3.63, 3.8) is 0 Å². The second kappa shape index (κ2) is 2.46. The topological polar surface area (TPSA) is 53.4 Å². The van der Waals surface area contributed by atoms with E-state index in [0.717, 1.165) is 0 Å². The second-order valence-electron chi connectivity index (χ2n) is 1.68. The van der Waals surface area contributed by atoms with Gasteiger partial charge in [0.05, 0.1) is 6.61 Å². The van der Waals surface area contributed by atoms with Crippen LogP contribution in [0.5, 0.6) is 5.88 Å². The minimum Gasteiger partial charge on any atom is -0.493 e. The van der Waals surface area contributed by atoms with Gasteiger partial charge in [-0.3, -0.25) is 0 Å². The fourth-order valence-electron chi connectivity index (χ4n) is 0.510. The van der Waals surface area contributed by atoms with Crippen molar-refractivity contribution in [2.75, 3.05) is 0 Å². The molecule has 0 aliphatic heterocycles. The zero-order chi connectivity index (χ0) is 6.69. The summed E-state index contributed by atoms with van der Waals surface area (Å²) in [6, 6.07) is 3.05. The Kier molecular flexibility index (Phi) is 1.65. The zero-order valence-corrected chi connectivity index (χ0v) is 4.78. The van der Waals surface area contributed by atoms with E-state index >= 15 is 0 Å². The molecular weight excluding hydrogens is 118 g/mol. The van der Waals surface area contributed by atoms with E-state index in [1.54, 1.807) is 6.07 Å². The molecule has 9 heavy (non-hydrogen) atoms. The minimum atomic E-state index is -0.0344. The lowest BCUT2D eigenvalue weighted by atomic mass is 10.3. The maximum Gasteiger partial charge on any atom is 0.210 e. The number of pyridine rings is 1. The Bertz CT molecular complexity index is 183. The van der Waals surface area contributed by atoms with Crippen molar-refractivity contribution in [3.05, 3.63) is 23.9 Å². The first kappa shape index (κ1) is 6.04. The molecule has 0 unspecified atom stereocenters. The summed E-state index contributed by atoms with van der Waals surface area (Å²) in [6.07, 6.45) is 1.43. The van der Waals surface area contributed by atoms with Gasteiger partial charge in [0, 0.05) is 12.3 Å². The van der Waals surface area contributed by atoms with E-state index in [9.17, 15) is 0 Å². The standard InChI is InChI=1S/C6H7NO2/c8-4-5-1-2-6(9)7-3-5/h1-3,8H,4H2,(H,7,9). The lowest BCUT2D eigenvalue weighted by molar-refractivity contribution is 0.281. The number of hydrogen-bond acceptors (Lipinski definition) is 3. The lowest BCUT2D eigenvalue weighted by Gasteiger charge is -1.92. The molecule has 48 valence electrons. The van der Waals surface area contributed by atoms with Gasteiger partial charge in [0.15, 0.2) is 0 Å². The van der Waals surface area contributed by atoms with E-state index in [4.69, 9.17) is 10.2 Å². The zero-order valence-electron chi connectivity index (χ0n) is 4.78. The van der Waals surface area contributed by atoms with Gasteiger partial charge in [0.1, 0.15) is 0 Å². The molecule has 0 amide bonds. The monoisotopic (exact) mass is 125 g/mol. The maximum absolute atomic E-state index is 8.66. The molecule has 1 rings (SSSR count). The number of aromatic nitrogens is 1. The highest BCUT2D eigenvalue weighted by atomic mass is 16.3. The van der Waals surface area contributed by atoms with E-state index in [1.807, 2.05) is 0 Å². The second-order valence-corrected chi connectivity index (χ2v) is 1.68. The van der Waals surface area contributed by atoms with Crippen LogP contribution in [0.1, 0.15) is 5.56 Å². The van der Waals surface area contributed by atoms with Gasteiger partial charge in [-0.25, -0.2) is 4.98 Å². The van der Waals surface area contributed by atoms with Crippen LogP contribution in [0.2, 0.25) is 0 Å². The Balaban J connectivity index is 2.88. The molecule has 0 radical (unpaired) electrons. The third-order valence-corrected chi connectivity index (χ3v) is 0.992. The van der Waals surface area contributed by atoms with Gasteiger partial charge in [0.25, 0.3) is 0 Å². The number of aliphatic hydroxyl groups is 1. The van der Waals surface area contributed by atoms with Crippen LogP contribution in [0.3, 0.4) is 0 Å². The Hall–Kier alpha value is -1.09. The molecule has 1 aromatic rings. The summed E-state index contributed by atoms with van der Waals surface area (Å²) in [5.74, 6) is -0.0211. The lowest BCUT2D eigenvalue weighted by Crippen LogP contribution is -1.82. The Morgan fingerprint density at radius 2 is 2.22 bits per heavy atom. The first-order valence-electron chi connectivity index (χ1n) is 2.57. The van der Waals surface area contributed by atoms with Crippen LogP contribution < -0.4 is 0 Å². The van der Waals surface area contributed by atoms with Crippen molar-refractivity contribution >= 4 is 0 Å². The van der Waals surface area contributed by atoms with E-state index in [-0.39, 0.29) is 12.5 Å². The summed E-state index contributed by atoms with van der Waals surface area (Å²) in [6.45, 7) is -0.0344. The highest BCUT2D eigenvalue weighted by molar-refractivity contribution is 5.15. The van der Waals surface area contributed by atoms with Crippen LogP contribution in [-0.4, -0.2) is 15.2 Å².